The first-order valence-corrected chi connectivity index (χ1v) is 19.5. The molecule has 0 atom stereocenters. The SMILES string of the molecule is CCOC=C(C(=O)c1ccc(S(C)(=O)=O)c(OCC)c1Cl)C(=O)C(C)C.CCOc1c(S(C)(=O)=O)ccc(C(=O)CC(=O)C(C)C)c1Cl. The molecule has 266 valence electrons. The number of rotatable bonds is 16. The number of hydrogen-bond acceptors (Lipinski definition) is 11. The van der Waals surface area contributed by atoms with Crippen LogP contribution in [0.2, 0.25) is 10.0 Å². The van der Waals surface area contributed by atoms with E-state index in [0.29, 0.717) is 0 Å². The first-order chi connectivity index (χ1) is 22.1. The van der Waals surface area contributed by atoms with Gasteiger partial charge in [0.1, 0.15) is 21.1 Å². The van der Waals surface area contributed by atoms with Crippen molar-refractivity contribution in [1.82, 2.24) is 0 Å². The van der Waals surface area contributed by atoms with Crippen LogP contribution in [0.25, 0.3) is 0 Å². The van der Waals surface area contributed by atoms with Crippen molar-refractivity contribution in [2.45, 2.75) is 64.7 Å². The van der Waals surface area contributed by atoms with Crippen molar-refractivity contribution in [2.75, 3.05) is 32.3 Å². The van der Waals surface area contributed by atoms with Gasteiger partial charge in [-0.3, -0.25) is 19.2 Å². The third-order valence-electron chi connectivity index (χ3n) is 6.42. The smallest absolute Gasteiger partial charge is 0.201 e. The van der Waals surface area contributed by atoms with Gasteiger partial charge in [0.25, 0.3) is 0 Å². The number of hydrogen-bond donors (Lipinski definition) is 0. The van der Waals surface area contributed by atoms with Crippen LogP contribution in [0.1, 0.15) is 75.6 Å². The van der Waals surface area contributed by atoms with Crippen LogP contribution in [0.15, 0.2) is 45.9 Å². The summed E-state index contributed by atoms with van der Waals surface area (Å²) >= 11 is 12.4. The highest BCUT2D eigenvalue weighted by atomic mass is 35.5. The Bertz CT molecular complexity index is 1780. The molecule has 2 aromatic rings. The number of Topliss-reactive ketones (excluding diaryl/α,β-unsaturated/α-hetero) is 4. The maximum absolute atomic E-state index is 12.9. The number of carbonyl (C=O) groups is 4. The molecule has 0 amide bonds. The molecule has 2 rings (SSSR count). The minimum Gasteiger partial charge on any atom is -0.501 e. The van der Waals surface area contributed by atoms with Crippen molar-refractivity contribution in [3.05, 3.63) is 57.3 Å². The second-order valence-corrected chi connectivity index (χ2v) is 15.7. The van der Waals surface area contributed by atoms with Crippen molar-refractivity contribution in [1.29, 1.82) is 0 Å². The zero-order valence-corrected chi connectivity index (χ0v) is 31.6. The van der Waals surface area contributed by atoms with Gasteiger partial charge in [0.15, 0.2) is 42.7 Å². The molecule has 0 saturated heterocycles. The van der Waals surface area contributed by atoms with E-state index in [1.165, 1.54) is 24.3 Å². The number of halogens is 2. The zero-order valence-electron chi connectivity index (χ0n) is 28.4. The summed E-state index contributed by atoms with van der Waals surface area (Å²) in [6, 6.07) is 5.12. The summed E-state index contributed by atoms with van der Waals surface area (Å²) < 4.78 is 63.1. The first kappa shape index (κ1) is 42.8. The Balaban J connectivity index is 0.000000487. The molecule has 15 heteroatoms. The van der Waals surface area contributed by atoms with Gasteiger partial charge >= 0.3 is 0 Å². The highest BCUT2D eigenvalue weighted by molar-refractivity contribution is 7.91. The summed E-state index contributed by atoms with van der Waals surface area (Å²) in [5.74, 6) is -2.54. The Morgan fingerprint density at radius 1 is 0.708 bits per heavy atom. The number of carbonyl (C=O) groups excluding carboxylic acids is 4. The largest absolute Gasteiger partial charge is 0.501 e. The number of sulfone groups is 2. The molecule has 11 nitrogen and oxygen atoms in total. The molecule has 2 aromatic carbocycles. The molecule has 0 N–H and O–H groups in total. The molecule has 0 unspecified atom stereocenters. The fourth-order valence-corrected chi connectivity index (χ4v) is 6.28. The van der Waals surface area contributed by atoms with Crippen LogP contribution in [-0.4, -0.2) is 72.3 Å². The van der Waals surface area contributed by atoms with Crippen LogP contribution in [0.5, 0.6) is 11.5 Å². The highest BCUT2D eigenvalue weighted by Crippen LogP contribution is 2.37. The third-order valence-corrected chi connectivity index (χ3v) is 9.42. The molecule has 0 aliphatic heterocycles. The predicted octanol–water partition coefficient (Wildman–Crippen LogP) is 6.41. The van der Waals surface area contributed by atoms with E-state index < -0.39 is 42.9 Å². The standard InChI is InChI=1S/C18H23ClO6S.C15H19ClO5S/c1-6-24-10-13(16(20)11(3)4)17(21)12-8-9-14(26(5,22)23)18(15(12)19)25-7-2;1-5-21-15-13(22(4,19)20)7-6-10(14(15)16)12(18)8-11(17)9(2)3/h8-11H,6-7H2,1-5H3;6-7,9H,5,8H2,1-4H3. The molecule has 0 heterocycles. The Morgan fingerprint density at radius 2 is 1.15 bits per heavy atom. The molecule has 0 aromatic heterocycles. The minimum atomic E-state index is -3.61. The van der Waals surface area contributed by atoms with E-state index in [2.05, 4.69) is 0 Å². The average molecular weight is 750 g/mol. The van der Waals surface area contributed by atoms with E-state index in [-0.39, 0.29) is 86.0 Å². The second-order valence-electron chi connectivity index (χ2n) is 11.0. The maximum atomic E-state index is 12.9. The van der Waals surface area contributed by atoms with Gasteiger partial charge in [-0.25, -0.2) is 16.8 Å². The average Bonchev–Trinajstić information content (AvgIpc) is 2.98. The second kappa shape index (κ2) is 18.5. The number of benzene rings is 2. The molecule has 0 aliphatic carbocycles. The van der Waals surface area contributed by atoms with Crippen molar-refractivity contribution in [3.8, 4) is 11.5 Å². The summed E-state index contributed by atoms with van der Waals surface area (Å²) in [7, 11) is -7.16. The lowest BCUT2D eigenvalue weighted by molar-refractivity contribution is -0.121. The van der Waals surface area contributed by atoms with Gasteiger partial charge in [-0.1, -0.05) is 50.9 Å². The first-order valence-electron chi connectivity index (χ1n) is 14.9. The van der Waals surface area contributed by atoms with Gasteiger partial charge in [0.05, 0.1) is 42.5 Å². The van der Waals surface area contributed by atoms with E-state index in [4.69, 9.17) is 37.4 Å². The molecular formula is C33H42Cl2O11S2. The summed E-state index contributed by atoms with van der Waals surface area (Å²) in [6.07, 6.45) is 2.89. The van der Waals surface area contributed by atoms with E-state index in [1.807, 2.05) is 0 Å². The number of ether oxygens (including phenoxy) is 3. The molecule has 0 radical (unpaired) electrons. The quantitative estimate of drug-likeness (QED) is 0.0612. The van der Waals surface area contributed by atoms with Crippen LogP contribution in [0, 0.1) is 11.8 Å². The van der Waals surface area contributed by atoms with Crippen LogP contribution in [0.3, 0.4) is 0 Å². The van der Waals surface area contributed by atoms with Crippen molar-refractivity contribution >= 4 is 66.0 Å². The van der Waals surface area contributed by atoms with Gasteiger partial charge in [-0.15, -0.1) is 0 Å². The maximum Gasteiger partial charge on any atom is 0.201 e. The fraction of sp³-hybridized carbons (Fsp3) is 0.455. The number of allylic oxidation sites excluding steroid dienone is 1. The Kier molecular flexibility index (Phi) is 16.5. The number of ketones is 4. The summed E-state index contributed by atoms with van der Waals surface area (Å²) in [4.78, 5) is 48.9. The van der Waals surface area contributed by atoms with E-state index in [1.54, 1.807) is 48.5 Å². The highest BCUT2D eigenvalue weighted by Gasteiger charge is 2.29. The fourth-order valence-electron chi connectivity index (χ4n) is 3.91. The lowest BCUT2D eigenvalue weighted by Crippen LogP contribution is -2.19. The van der Waals surface area contributed by atoms with Gasteiger partial charge in [-0.05, 0) is 45.0 Å². The van der Waals surface area contributed by atoms with E-state index in [0.717, 1.165) is 18.8 Å². The third kappa shape index (κ3) is 11.4. The van der Waals surface area contributed by atoms with Gasteiger partial charge < -0.3 is 14.2 Å². The van der Waals surface area contributed by atoms with Crippen LogP contribution < -0.4 is 9.47 Å². The Hall–Kier alpha value is -3.26. The Labute approximate surface area is 292 Å². The minimum absolute atomic E-state index is 0.0255. The summed E-state index contributed by atoms with van der Waals surface area (Å²) in [6.45, 7) is 12.4. The topological polar surface area (TPSA) is 164 Å². The molecule has 0 bridgehead atoms. The van der Waals surface area contributed by atoms with Gasteiger partial charge in [0, 0.05) is 35.5 Å². The zero-order chi connectivity index (χ0) is 37.1. The van der Waals surface area contributed by atoms with Crippen LogP contribution >= 0.6 is 23.2 Å². The van der Waals surface area contributed by atoms with Crippen LogP contribution in [-0.2, 0) is 34.0 Å². The summed E-state index contributed by atoms with van der Waals surface area (Å²) in [5, 5.41) is -0.231. The summed E-state index contributed by atoms with van der Waals surface area (Å²) in [5.41, 5.74) is -0.0905. The lowest BCUT2D eigenvalue weighted by Gasteiger charge is -2.15. The van der Waals surface area contributed by atoms with Crippen molar-refractivity contribution < 1.29 is 50.2 Å². The molecule has 48 heavy (non-hydrogen) atoms. The Morgan fingerprint density at radius 3 is 1.52 bits per heavy atom. The van der Waals surface area contributed by atoms with Gasteiger partial charge in [-0.2, -0.15) is 0 Å². The van der Waals surface area contributed by atoms with E-state index in [9.17, 15) is 36.0 Å². The van der Waals surface area contributed by atoms with Gasteiger partial charge in [0.2, 0.25) is 5.78 Å². The van der Waals surface area contributed by atoms with E-state index >= 15 is 0 Å². The molecular weight excluding hydrogens is 707 g/mol. The van der Waals surface area contributed by atoms with Crippen molar-refractivity contribution in [3.63, 3.8) is 0 Å². The molecule has 0 saturated carbocycles. The van der Waals surface area contributed by atoms with Crippen LogP contribution in [0.4, 0.5) is 0 Å². The molecule has 0 spiro atoms. The van der Waals surface area contributed by atoms with Crippen molar-refractivity contribution in [2.24, 2.45) is 11.8 Å². The monoisotopic (exact) mass is 748 g/mol. The lowest BCUT2D eigenvalue weighted by atomic mass is 9.95. The predicted molar refractivity (Wildman–Crippen MR) is 184 cm³/mol. The molecule has 0 fully saturated rings. The molecule has 0 aliphatic rings. The normalized spacial score (nSPS) is 11.9.